The lowest BCUT2D eigenvalue weighted by atomic mass is 10.0. The summed E-state index contributed by atoms with van der Waals surface area (Å²) in [5, 5.41) is 6.38. The van der Waals surface area contributed by atoms with Crippen LogP contribution in [0.15, 0.2) is 54.6 Å². The van der Waals surface area contributed by atoms with Gasteiger partial charge in [0.05, 0.1) is 0 Å². The van der Waals surface area contributed by atoms with Crippen molar-refractivity contribution < 1.29 is 9.18 Å². The van der Waals surface area contributed by atoms with E-state index in [0.717, 1.165) is 11.1 Å². The predicted octanol–water partition coefficient (Wildman–Crippen LogP) is 3.19. The van der Waals surface area contributed by atoms with Crippen LogP contribution in [-0.2, 0) is 10.5 Å². The first-order valence-corrected chi connectivity index (χ1v) is 8.22. The normalized spacial score (nSPS) is 21.4. The molecular formula is C17H17FN2OS. The molecule has 2 aromatic rings. The van der Waals surface area contributed by atoms with Gasteiger partial charge in [0, 0.05) is 18.2 Å². The van der Waals surface area contributed by atoms with Crippen molar-refractivity contribution in [2.75, 3.05) is 0 Å². The molecule has 0 aliphatic carbocycles. The highest BCUT2D eigenvalue weighted by Gasteiger charge is 2.26. The maximum absolute atomic E-state index is 12.9. The molecule has 3 nitrogen and oxygen atoms in total. The van der Waals surface area contributed by atoms with Crippen molar-refractivity contribution in [2.24, 2.45) is 0 Å². The van der Waals surface area contributed by atoms with E-state index < -0.39 is 0 Å². The van der Waals surface area contributed by atoms with Crippen LogP contribution in [0.4, 0.5) is 4.39 Å². The van der Waals surface area contributed by atoms with Crippen LogP contribution < -0.4 is 10.6 Å². The lowest BCUT2D eigenvalue weighted by Crippen LogP contribution is -2.50. The van der Waals surface area contributed by atoms with E-state index in [1.165, 1.54) is 12.1 Å². The Balaban J connectivity index is 1.61. The number of benzene rings is 2. The summed E-state index contributed by atoms with van der Waals surface area (Å²) in [5.74, 6) is 0.519. The molecule has 1 saturated heterocycles. The van der Waals surface area contributed by atoms with Crippen molar-refractivity contribution in [3.63, 3.8) is 0 Å². The largest absolute Gasteiger partial charge is 0.332 e. The van der Waals surface area contributed by atoms with Crippen LogP contribution in [0.3, 0.4) is 0 Å². The van der Waals surface area contributed by atoms with E-state index >= 15 is 0 Å². The molecule has 0 bridgehead atoms. The standard InChI is InChI=1S/C17H17FN2OS/c18-14-8-6-12(7-9-14)11-22-17-19-15(10-16(21)20-17)13-4-2-1-3-5-13/h1-9,15,17,19H,10-11H2,(H,20,21). The molecule has 1 aliphatic heterocycles. The molecule has 1 heterocycles. The highest BCUT2D eigenvalue weighted by atomic mass is 32.2. The molecule has 2 atom stereocenters. The van der Waals surface area contributed by atoms with E-state index in [1.807, 2.05) is 30.3 Å². The zero-order valence-electron chi connectivity index (χ0n) is 12.0. The maximum atomic E-state index is 12.9. The third-order valence-corrected chi connectivity index (χ3v) is 4.65. The van der Waals surface area contributed by atoms with E-state index in [4.69, 9.17) is 0 Å². The van der Waals surface area contributed by atoms with Crippen LogP contribution >= 0.6 is 11.8 Å². The molecule has 2 unspecified atom stereocenters. The fourth-order valence-electron chi connectivity index (χ4n) is 2.42. The second-order valence-corrected chi connectivity index (χ2v) is 6.31. The minimum atomic E-state index is -0.234. The molecule has 5 heteroatoms. The smallest absolute Gasteiger partial charge is 0.223 e. The molecular weight excluding hydrogens is 299 g/mol. The van der Waals surface area contributed by atoms with Gasteiger partial charge in [-0.05, 0) is 23.3 Å². The van der Waals surface area contributed by atoms with E-state index in [-0.39, 0.29) is 23.3 Å². The van der Waals surface area contributed by atoms with Gasteiger partial charge >= 0.3 is 0 Å². The van der Waals surface area contributed by atoms with Gasteiger partial charge in [-0.3, -0.25) is 10.1 Å². The lowest BCUT2D eigenvalue weighted by molar-refractivity contribution is -0.123. The second kappa shape index (κ2) is 6.94. The number of hydrogen-bond donors (Lipinski definition) is 2. The van der Waals surface area contributed by atoms with Crippen LogP contribution in [0, 0.1) is 5.82 Å². The number of rotatable bonds is 4. The SMILES string of the molecule is O=C1CC(c2ccccc2)NC(SCc2ccc(F)cc2)N1. The summed E-state index contributed by atoms with van der Waals surface area (Å²) < 4.78 is 12.9. The molecule has 2 N–H and O–H groups in total. The van der Waals surface area contributed by atoms with Crippen molar-refractivity contribution in [1.82, 2.24) is 10.6 Å². The van der Waals surface area contributed by atoms with Crippen molar-refractivity contribution in [1.29, 1.82) is 0 Å². The van der Waals surface area contributed by atoms with Crippen molar-refractivity contribution in [2.45, 2.75) is 23.7 Å². The zero-order valence-corrected chi connectivity index (χ0v) is 12.8. The van der Waals surface area contributed by atoms with Gasteiger partial charge in [0.25, 0.3) is 0 Å². The molecule has 1 fully saturated rings. The Bertz CT molecular complexity index is 633. The summed E-state index contributed by atoms with van der Waals surface area (Å²) in [6.45, 7) is 0. The van der Waals surface area contributed by atoms with Crippen LogP contribution in [0.5, 0.6) is 0 Å². The van der Waals surface area contributed by atoms with Crippen LogP contribution in [0.2, 0.25) is 0 Å². The van der Waals surface area contributed by atoms with Gasteiger partial charge in [-0.1, -0.05) is 42.5 Å². The van der Waals surface area contributed by atoms with Crippen molar-refractivity contribution >= 4 is 17.7 Å². The number of carbonyl (C=O) groups is 1. The zero-order chi connectivity index (χ0) is 15.4. The first-order chi connectivity index (χ1) is 10.7. The quantitative estimate of drug-likeness (QED) is 0.910. The van der Waals surface area contributed by atoms with Gasteiger partial charge in [0.15, 0.2) is 0 Å². The first kappa shape index (κ1) is 15.1. The molecule has 114 valence electrons. The van der Waals surface area contributed by atoms with Gasteiger partial charge in [-0.25, -0.2) is 4.39 Å². The summed E-state index contributed by atoms with van der Waals surface area (Å²) in [5.41, 5.74) is 2.01. The Morgan fingerprint density at radius 3 is 2.55 bits per heavy atom. The Morgan fingerprint density at radius 1 is 1.09 bits per heavy atom. The Kier molecular flexibility index (Phi) is 4.75. The number of carbonyl (C=O) groups excluding carboxylic acids is 1. The van der Waals surface area contributed by atoms with Gasteiger partial charge in [-0.2, -0.15) is 0 Å². The monoisotopic (exact) mass is 316 g/mol. The Labute approximate surface area is 133 Å². The molecule has 0 saturated carbocycles. The van der Waals surface area contributed by atoms with Crippen molar-refractivity contribution in [3.05, 3.63) is 71.5 Å². The van der Waals surface area contributed by atoms with E-state index in [0.29, 0.717) is 12.2 Å². The van der Waals surface area contributed by atoms with Crippen LogP contribution in [0.1, 0.15) is 23.6 Å². The fourth-order valence-corrected chi connectivity index (χ4v) is 3.45. The number of amides is 1. The summed E-state index contributed by atoms with van der Waals surface area (Å²) in [6.07, 6.45) is 0.442. The summed E-state index contributed by atoms with van der Waals surface area (Å²) >= 11 is 1.59. The van der Waals surface area contributed by atoms with Crippen molar-refractivity contribution in [3.8, 4) is 0 Å². The Morgan fingerprint density at radius 2 is 1.82 bits per heavy atom. The number of hydrogen-bond acceptors (Lipinski definition) is 3. The third-order valence-electron chi connectivity index (χ3n) is 3.57. The molecule has 22 heavy (non-hydrogen) atoms. The lowest BCUT2D eigenvalue weighted by Gasteiger charge is -2.31. The summed E-state index contributed by atoms with van der Waals surface area (Å²) in [4.78, 5) is 11.9. The van der Waals surface area contributed by atoms with Crippen LogP contribution in [0.25, 0.3) is 0 Å². The minimum Gasteiger partial charge on any atom is -0.332 e. The highest BCUT2D eigenvalue weighted by molar-refractivity contribution is 7.99. The van der Waals surface area contributed by atoms with Gasteiger partial charge in [-0.15, -0.1) is 11.8 Å². The van der Waals surface area contributed by atoms with Gasteiger partial charge in [0.2, 0.25) is 5.91 Å². The fraction of sp³-hybridized carbons (Fsp3) is 0.235. The molecule has 0 spiro atoms. The van der Waals surface area contributed by atoms with E-state index in [1.54, 1.807) is 23.9 Å². The number of nitrogens with one attached hydrogen (secondary N) is 2. The van der Waals surface area contributed by atoms with Gasteiger partial charge < -0.3 is 5.32 Å². The molecule has 1 amide bonds. The molecule has 0 aromatic heterocycles. The third kappa shape index (κ3) is 3.87. The molecule has 2 aromatic carbocycles. The first-order valence-electron chi connectivity index (χ1n) is 7.17. The second-order valence-electron chi connectivity index (χ2n) is 5.22. The van der Waals surface area contributed by atoms with E-state index in [2.05, 4.69) is 10.6 Å². The molecule has 0 radical (unpaired) electrons. The van der Waals surface area contributed by atoms with Crippen LogP contribution in [-0.4, -0.2) is 11.4 Å². The number of halogens is 1. The topological polar surface area (TPSA) is 41.1 Å². The van der Waals surface area contributed by atoms with Gasteiger partial charge in [0.1, 0.15) is 11.3 Å². The van der Waals surface area contributed by atoms with E-state index in [9.17, 15) is 9.18 Å². The highest BCUT2D eigenvalue weighted by Crippen LogP contribution is 2.25. The average molecular weight is 316 g/mol. The number of thioether (sulfide) groups is 1. The maximum Gasteiger partial charge on any atom is 0.223 e. The Hall–Kier alpha value is -1.85. The summed E-state index contributed by atoms with van der Waals surface area (Å²) in [6, 6.07) is 16.4. The molecule has 3 rings (SSSR count). The average Bonchev–Trinajstić information content (AvgIpc) is 2.55. The predicted molar refractivity (Wildman–Crippen MR) is 86.6 cm³/mol. The minimum absolute atomic E-state index is 0.0284. The molecule has 1 aliphatic rings. The summed E-state index contributed by atoms with van der Waals surface area (Å²) in [7, 11) is 0.